The van der Waals surface area contributed by atoms with Gasteiger partial charge in [0, 0.05) is 11.6 Å². The normalized spacial score (nSPS) is 12.2. The summed E-state index contributed by atoms with van der Waals surface area (Å²) in [7, 11) is 0. The Morgan fingerprint density at radius 2 is 2.10 bits per heavy atom. The molecule has 1 unspecified atom stereocenters. The van der Waals surface area contributed by atoms with Crippen molar-refractivity contribution in [3.8, 4) is 0 Å². The highest BCUT2D eigenvalue weighted by Gasteiger charge is 2.18. The molecule has 0 aliphatic rings. The monoisotopic (exact) mass is 282 g/mol. The number of aromatic nitrogens is 1. The zero-order chi connectivity index (χ0) is 14.7. The number of aliphatic hydroxyl groups excluding tert-OH is 1. The first-order valence-corrected chi connectivity index (χ1v) is 6.58. The van der Waals surface area contributed by atoms with E-state index in [1.165, 1.54) is 6.26 Å². The lowest BCUT2D eigenvalue weighted by Gasteiger charge is -2.14. The summed E-state index contributed by atoms with van der Waals surface area (Å²) < 4.78 is 5.22. The van der Waals surface area contributed by atoms with Crippen molar-refractivity contribution in [2.45, 2.75) is 6.04 Å². The van der Waals surface area contributed by atoms with E-state index < -0.39 is 6.04 Å². The number of carbonyl (C=O) groups is 1. The first-order chi connectivity index (χ1) is 10.3. The van der Waals surface area contributed by atoms with E-state index in [-0.39, 0.29) is 12.5 Å². The van der Waals surface area contributed by atoms with Gasteiger partial charge in [-0.15, -0.1) is 0 Å². The van der Waals surface area contributed by atoms with Gasteiger partial charge in [0.15, 0.2) is 0 Å². The number of hydrogen-bond acceptors (Lipinski definition) is 4. The fourth-order valence-corrected chi connectivity index (χ4v) is 2.23. The van der Waals surface area contributed by atoms with Crippen LogP contribution in [0.4, 0.5) is 0 Å². The van der Waals surface area contributed by atoms with E-state index in [0.717, 1.165) is 10.9 Å². The fraction of sp³-hybridized carbons (Fsp3) is 0.125. The highest BCUT2D eigenvalue weighted by molar-refractivity contribution is 6.06. The van der Waals surface area contributed by atoms with Gasteiger partial charge in [-0.05, 0) is 24.3 Å². The van der Waals surface area contributed by atoms with Gasteiger partial charge in [0.05, 0.1) is 24.0 Å². The van der Waals surface area contributed by atoms with Gasteiger partial charge in [-0.3, -0.25) is 9.78 Å². The quantitative estimate of drug-likeness (QED) is 0.770. The molecule has 21 heavy (non-hydrogen) atoms. The number of benzene rings is 1. The van der Waals surface area contributed by atoms with Crippen LogP contribution in [-0.4, -0.2) is 22.6 Å². The number of aliphatic hydroxyl groups is 1. The lowest BCUT2D eigenvalue weighted by atomic mass is 10.1. The number of para-hydroxylation sites is 1. The predicted octanol–water partition coefficient (Wildman–Crippen LogP) is 2.29. The summed E-state index contributed by atoms with van der Waals surface area (Å²) in [4.78, 5) is 16.7. The second kappa shape index (κ2) is 5.76. The first-order valence-electron chi connectivity index (χ1n) is 6.58. The maximum Gasteiger partial charge on any atom is 0.252 e. The van der Waals surface area contributed by atoms with E-state index in [1.54, 1.807) is 24.4 Å². The summed E-state index contributed by atoms with van der Waals surface area (Å²) in [5.41, 5.74) is 1.27. The molecule has 5 heteroatoms. The standard InChI is InChI=1S/C16H14N2O3/c19-10-14(15-6-3-9-21-15)18-16(20)12-7-8-17-13-5-2-1-4-11(12)13/h1-9,14,19H,10H2,(H,18,20). The van der Waals surface area contributed by atoms with Crippen LogP contribution in [0.2, 0.25) is 0 Å². The van der Waals surface area contributed by atoms with Crippen molar-refractivity contribution in [1.29, 1.82) is 0 Å². The largest absolute Gasteiger partial charge is 0.467 e. The van der Waals surface area contributed by atoms with Crippen molar-refractivity contribution < 1.29 is 14.3 Å². The number of nitrogens with one attached hydrogen (secondary N) is 1. The van der Waals surface area contributed by atoms with Crippen LogP contribution in [0.1, 0.15) is 22.2 Å². The molecule has 5 nitrogen and oxygen atoms in total. The molecule has 1 atom stereocenters. The number of fused-ring (bicyclic) bond motifs is 1. The molecule has 0 aliphatic heterocycles. The maximum atomic E-state index is 12.4. The van der Waals surface area contributed by atoms with Crippen LogP contribution in [-0.2, 0) is 0 Å². The fourth-order valence-electron chi connectivity index (χ4n) is 2.23. The summed E-state index contributed by atoms with van der Waals surface area (Å²) in [6.45, 7) is -0.234. The third kappa shape index (κ3) is 2.64. The Kier molecular flexibility index (Phi) is 3.66. The molecule has 1 aromatic carbocycles. The number of rotatable bonds is 4. The second-order valence-corrected chi connectivity index (χ2v) is 4.60. The molecule has 0 spiro atoms. The smallest absolute Gasteiger partial charge is 0.252 e. The van der Waals surface area contributed by atoms with Crippen molar-refractivity contribution >= 4 is 16.8 Å². The molecule has 0 fully saturated rings. The van der Waals surface area contributed by atoms with Crippen molar-refractivity contribution in [2.75, 3.05) is 6.61 Å². The molecule has 0 bridgehead atoms. The zero-order valence-corrected chi connectivity index (χ0v) is 11.2. The first kappa shape index (κ1) is 13.3. The number of pyridine rings is 1. The maximum absolute atomic E-state index is 12.4. The van der Waals surface area contributed by atoms with Crippen LogP contribution in [0, 0.1) is 0 Å². The molecule has 2 N–H and O–H groups in total. The summed E-state index contributed by atoms with van der Waals surface area (Å²) in [5.74, 6) is 0.244. The number of amides is 1. The minimum Gasteiger partial charge on any atom is -0.467 e. The Morgan fingerprint density at radius 3 is 2.86 bits per heavy atom. The van der Waals surface area contributed by atoms with E-state index in [1.807, 2.05) is 24.3 Å². The van der Waals surface area contributed by atoms with Crippen molar-refractivity contribution in [1.82, 2.24) is 10.3 Å². The molecular formula is C16H14N2O3. The van der Waals surface area contributed by atoms with E-state index in [9.17, 15) is 9.90 Å². The number of hydrogen-bond donors (Lipinski definition) is 2. The third-order valence-corrected chi connectivity index (χ3v) is 3.27. The molecule has 2 aromatic heterocycles. The van der Waals surface area contributed by atoms with Crippen LogP contribution >= 0.6 is 0 Å². The van der Waals surface area contributed by atoms with Gasteiger partial charge in [-0.1, -0.05) is 18.2 Å². The molecule has 0 saturated carbocycles. The molecular weight excluding hydrogens is 268 g/mol. The van der Waals surface area contributed by atoms with Gasteiger partial charge in [0.25, 0.3) is 5.91 Å². The molecule has 3 aromatic rings. The van der Waals surface area contributed by atoms with Crippen LogP contribution in [0.15, 0.2) is 59.3 Å². The molecule has 2 heterocycles. The Balaban J connectivity index is 1.90. The van der Waals surface area contributed by atoms with Crippen LogP contribution < -0.4 is 5.32 Å². The Labute approximate surface area is 121 Å². The summed E-state index contributed by atoms with van der Waals surface area (Å²) in [5, 5.41) is 13.0. The van der Waals surface area contributed by atoms with Gasteiger partial charge >= 0.3 is 0 Å². The average molecular weight is 282 g/mol. The van der Waals surface area contributed by atoms with Gasteiger partial charge in [0.1, 0.15) is 11.8 Å². The predicted molar refractivity (Wildman–Crippen MR) is 77.7 cm³/mol. The second-order valence-electron chi connectivity index (χ2n) is 4.60. The molecule has 106 valence electrons. The highest BCUT2D eigenvalue weighted by Crippen LogP contribution is 2.18. The third-order valence-electron chi connectivity index (χ3n) is 3.27. The zero-order valence-electron chi connectivity index (χ0n) is 11.2. The van der Waals surface area contributed by atoms with Crippen LogP contribution in [0.25, 0.3) is 10.9 Å². The average Bonchev–Trinajstić information content (AvgIpc) is 3.06. The van der Waals surface area contributed by atoms with Crippen molar-refractivity contribution in [3.63, 3.8) is 0 Å². The topological polar surface area (TPSA) is 75.4 Å². The Bertz CT molecular complexity index is 748. The summed E-state index contributed by atoms with van der Waals surface area (Å²) in [6, 6.07) is 11.9. The highest BCUT2D eigenvalue weighted by atomic mass is 16.3. The lowest BCUT2D eigenvalue weighted by molar-refractivity contribution is 0.0909. The van der Waals surface area contributed by atoms with Crippen LogP contribution in [0.5, 0.6) is 0 Å². The SMILES string of the molecule is O=C(NC(CO)c1ccco1)c1ccnc2ccccc12. The molecule has 3 rings (SSSR count). The van der Waals surface area contributed by atoms with E-state index >= 15 is 0 Å². The van der Waals surface area contributed by atoms with Crippen molar-refractivity contribution in [2.24, 2.45) is 0 Å². The van der Waals surface area contributed by atoms with E-state index in [2.05, 4.69) is 10.3 Å². The molecule has 1 amide bonds. The Hall–Kier alpha value is -2.66. The van der Waals surface area contributed by atoms with Gasteiger partial charge < -0.3 is 14.8 Å². The number of carbonyl (C=O) groups excluding carboxylic acids is 1. The van der Waals surface area contributed by atoms with E-state index in [0.29, 0.717) is 11.3 Å². The molecule has 0 radical (unpaired) electrons. The summed E-state index contributed by atoms with van der Waals surface area (Å²) >= 11 is 0. The van der Waals surface area contributed by atoms with Gasteiger partial charge in [-0.2, -0.15) is 0 Å². The van der Waals surface area contributed by atoms with Crippen LogP contribution in [0.3, 0.4) is 0 Å². The Morgan fingerprint density at radius 1 is 1.24 bits per heavy atom. The van der Waals surface area contributed by atoms with Gasteiger partial charge in [-0.25, -0.2) is 0 Å². The summed E-state index contributed by atoms with van der Waals surface area (Å²) in [6.07, 6.45) is 3.10. The van der Waals surface area contributed by atoms with Gasteiger partial charge in [0.2, 0.25) is 0 Å². The molecule has 0 saturated heterocycles. The number of furan rings is 1. The molecule has 0 aliphatic carbocycles. The minimum absolute atomic E-state index is 0.234. The number of nitrogens with zero attached hydrogens (tertiary/aromatic N) is 1. The minimum atomic E-state index is -0.570. The lowest BCUT2D eigenvalue weighted by Crippen LogP contribution is -2.30. The van der Waals surface area contributed by atoms with Crippen molar-refractivity contribution in [3.05, 3.63) is 66.2 Å². The van der Waals surface area contributed by atoms with E-state index in [4.69, 9.17) is 4.42 Å².